The van der Waals surface area contributed by atoms with E-state index in [2.05, 4.69) is 10.6 Å². The van der Waals surface area contributed by atoms with Crippen molar-refractivity contribution in [3.63, 3.8) is 0 Å². The lowest BCUT2D eigenvalue weighted by Crippen LogP contribution is -2.55. The number of aliphatic carboxylic acids is 1. The van der Waals surface area contributed by atoms with Crippen LogP contribution in [-0.2, 0) is 19.1 Å². The second-order valence-electron chi connectivity index (χ2n) is 9.54. The monoisotopic (exact) mass is 427 g/mol. The molecule has 0 bridgehead atoms. The molecule has 0 saturated carbocycles. The van der Waals surface area contributed by atoms with Crippen LogP contribution >= 0.6 is 0 Å². The Hall–Kier alpha value is -2.32. The maximum atomic E-state index is 13.0. The van der Waals surface area contributed by atoms with Gasteiger partial charge in [-0.3, -0.25) is 9.59 Å². The highest BCUT2D eigenvalue weighted by molar-refractivity contribution is 5.87. The lowest BCUT2D eigenvalue weighted by molar-refractivity contribution is -0.144. The minimum Gasteiger partial charge on any atom is -0.480 e. The number of likely N-dealkylation sites (tertiary alicyclic amines) is 1. The van der Waals surface area contributed by atoms with Crippen LogP contribution in [-0.4, -0.2) is 64.7 Å². The standard InChI is InChI=1S/C21H37N3O6/c1-12(2)15(23-20(29)30-21(5,6)7)18(26)24-10-8-14(9-11-24)17(25)22-16(13(3)4)19(27)28/h12-16H,8-11H2,1-7H3,(H,22,25)(H,23,29)(H,27,28). The molecule has 0 aromatic rings. The van der Waals surface area contributed by atoms with E-state index in [1.807, 2.05) is 13.8 Å². The first-order valence-corrected chi connectivity index (χ1v) is 10.5. The van der Waals surface area contributed by atoms with Crippen LogP contribution in [0.4, 0.5) is 4.79 Å². The number of ether oxygens (including phenoxy) is 1. The Balaban J connectivity index is 2.67. The van der Waals surface area contributed by atoms with Crippen LogP contribution in [0.3, 0.4) is 0 Å². The van der Waals surface area contributed by atoms with Crippen molar-refractivity contribution in [3.05, 3.63) is 0 Å². The largest absolute Gasteiger partial charge is 0.480 e. The number of rotatable bonds is 7. The van der Waals surface area contributed by atoms with E-state index in [4.69, 9.17) is 4.74 Å². The second-order valence-corrected chi connectivity index (χ2v) is 9.54. The van der Waals surface area contributed by atoms with E-state index in [-0.39, 0.29) is 29.6 Å². The van der Waals surface area contributed by atoms with Gasteiger partial charge in [0.15, 0.2) is 0 Å². The molecule has 9 nitrogen and oxygen atoms in total. The topological polar surface area (TPSA) is 125 Å². The van der Waals surface area contributed by atoms with Crippen molar-refractivity contribution in [1.29, 1.82) is 0 Å². The van der Waals surface area contributed by atoms with Crippen molar-refractivity contribution in [2.24, 2.45) is 17.8 Å². The molecule has 0 spiro atoms. The molecule has 1 rings (SSSR count). The first-order chi connectivity index (χ1) is 13.7. The second kappa shape index (κ2) is 10.6. The highest BCUT2D eigenvalue weighted by atomic mass is 16.6. The van der Waals surface area contributed by atoms with Crippen LogP contribution in [0.25, 0.3) is 0 Å². The zero-order valence-corrected chi connectivity index (χ0v) is 19.2. The van der Waals surface area contributed by atoms with Crippen molar-refractivity contribution in [2.75, 3.05) is 13.1 Å². The van der Waals surface area contributed by atoms with Crippen molar-refractivity contribution in [3.8, 4) is 0 Å². The molecule has 0 aromatic carbocycles. The number of nitrogens with one attached hydrogen (secondary N) is 2. The van der Waals surface area contributed by atoms with Crippen molar-refractivity contribution < 1.29 is 29.0 Å². The molecule has 1 saturated heterocycles. The van der Waals surface area contributed by atoms with E-state index < -0.39 is 29.7 Å². The Morgan fingerprint density at radius 2 is 1.43 bits per heavy atom. The lowest BCUT2D eigenvalue weighted by atomic mass is 9.93. The maximum Gasteiger partial charge on any atom is 0.408 e. The van der Waals surface area contributed by atoms with E-state index in [0.717, 1.165) is 0 Å². The fourth-order valence-electron chi connectivity index (χ4n) is 3.29. The Bertz CT molecular complexity index is 633. The fraction of sp³-hybridized carbons (Fsp3) is 0.810. The van der Waals surface area contributed by atoms with Crippen molar-refractivity contribution in [2.45, 2.75) is 79.0 Å². The summed E-state index contributed by atoms with van der Waals surface area (Å²) in [6, 6.07) is -1.65. The molecule has 1 heterocycles. The highest BCUT2D eigenvalue weighted by Gasteiger charge is 2.35. The SMILES string of the molecule is CC(C)C(NC(=O)C1CCN(C(=O)C(NC(=O)OC(C)(C)C)C(C)C)CC1)C(=O)O. The average molecular weight is 428 g/mol. The van der Waals surface area contributed by atoms with Gasteiger partial charge in [-0.2, -0.15) is 0 Å². The van der Waals surface area contributed by atoms with Gasteiger partial charge < -0.3 is 25.4 Å². The van der Waals surface area contributed by atoms with Gasteiger partial charge in [0.25, 0.3) is 0 Å². The number of alkyl carbamates (subject to hydrolysis) is 1. The third kappa shape index (κ3) is 7.84. The van der Waals surface area contributed by atoms with E-state index >= 15 is 0 Å². The molecule has 3 amide bonds. The Morgan fingerprint density at radius 3 is 1.83 bits per heavy atom. The predicted octanol–water partition coefficient (Wildman–Crippen LogP) is 2.00. The summed E-state index contributed by atoms with van der Waals surface area (Å²) in [7, 11) is 0. The minimum atomic E-state index is -1.06. The van der Waals surface area contributed by atoms with Gasteiger partial charge in [-0.1, -0.05) is 27.7 Å². The molecule has 1 aliphatic rings. The molecule has 0 aliphatic carbocycles. The van der Waals surface area contributed by atoms with Gasteiger partial charge in [0, 0.05) is 19.0 Å². The zero-order valence-electron chi connectivity index (χ0n) is 19.2. The van der Waals surface area contributed by atoms with Crippen LogP contribution in [0, 0.1) is 17.8 Å². The van der Waals surface area contributed by atoms with E-state index in [1.54, 1.807) is 39.5 Å². The zero-order chi connectivity index (χ0) is 23.2. The van der Waals surface area contributed by atoms with Gasteiger partial charge in [-0.15, -0.1) is 0 Å². The number of carbonyl (C=O) groups excluding carboxylic acids is 3. The summed E-state index contributed by atoms with van der Waals surface area (Å²) in [5.41, 5.74) is -0.663. The lowest BCUT2D eigenvalue weighted by Gasteiger charge is -2.35. The smallest absolute Gasteiger partial charge is 0.408 e. The number of nitrogens with zero attached hydrogens (tertiary/aromatic N) is 1. The third-order valence-corrected chi connectivity index (χ3v) is 5.01. The Morgan fingerprint density at radius 1 is 0.933 bits per heavy atom. The van der Waals surface area contributed by atoms with Crippen LogP contribution in [0.15, 0.2) is 0 Å². The number of carbonyl (C=O) groups is 4. The number of piperidine rings is 1. The molecule has 30 heavy (non-hydrogen) atoms. The summed E-state index contributed by atoms with van der Waals surface area (Å²) >= 11 is 0. The van der Waals surface area contributed by atoms with E-state index in [0.29, 0.717) is 25.9 Å². The third-order valence-electron chi connectivity index (χ3n) is 5.01. The summed E-state index contributed by atoms with van der Waals surface area (Å²) in [6.45, 7) is 13.2. The summed E-state index contributed by atoms with van der Waals surface area (Å²) in [5, 5.41) is 14.5. The first-order valence-electron chi connectivity index (χ1n) is 10.5. The summed E-state index contributed by atoms with van der Waals surface area (Å²) < 4.78 is 5.26. The summed E-state index contributed by atoms with van der Waals surface area (Å²) in [5.74, 6) is -2.26. The van der Waals surface area contributed by atoms with Crippen molar-refractivity contribution >= 4 is 23.9 Å². The molecule has 0 radical (unpaired) electrons. The number of carboxylic acid groups (broad SMARTS) is 1. The van der Waals surface area contributed by atoms with Gasteiger partial charge in [0.1, 0.15) is 17.7 Å². The van der Waals surface area contributed by atoms with Crippen LogP contribution in [0.2, 0.25) is 0 Å². The molecule has 2 atom stereocenters. The molecule has 2 unspecified atom stereocenters. The molecule has 1 fully saturated rings. The molecular weight excluding hydrogens is 390 g/mol. The molecule has 3 N–H and O–H groups in total. The number of hydrogen-bond donors (Lipinski definition) is 3. The predicted molar refractivity (Wildman–Crippen MR) is 112 cm³/mol. The van der Waals surface area contributed by atoms with Gasteiger partial charge in [-0.25, -0.2) is 9.59 Å². The normalized spacial score (nSPS) is 17.4. The average Bonchev–Trinajstić information content (AvgIpc) is 2.61. The molecular formula is C21H37N3O6. The number of amides is 3. The summed E-state index contributed by atoms with van der Waals surface area (Å²) in [6.07, 6.45) is 0.246. The fourth-order valence-corrected chi connectivity index (χ4v) is 3.29. The number of hydrogen-bond acceptors (Lipinski definition) is 5. The molecule has 0 aromatic heterocycles. The highest BCUT2D eigenvalue weighted by Crippen LogP contribution is 2.20. The molecule has 1 aliphatic heterocycles. The maximum absolute atomic E-state index is 13.0. The van der Waals surface area contributed by atoms with Gasteiger partial charge in [0.2, 0.25) is 11.8 Å². The van der Waals surface area contributed by atoms with Gasteiger partial charge in [0.05, 0.1) is 0 Å². The first kappa shape index (κ1) is 25.7. The van der Waals surface area contributed by atoms with E-state index in [9.17, 15) is 24.3 Å². The molecule has 172 valence electrons. The van der Waals surface area contributed by atoms with Crippen LogP contribution < -0.4 is 10.6 Å². The number of carboxylic acids is 1. The van der Waals surface area contributed by atoms with Crippen LogP contribution in [0.5, 0.6) is 0 Å². The van der Waals surface area contributed by atoms with Crippen LogP contribution in [0.1, 0.15) is 61.3 Å². The molecule has 9 heteroatoms. The quantitative estimate of drug-likeness (QED) is 0.571. The minimum absolute atomic E-state index is 0.131. The Labute approximate surface area is 178 Å². The summed E-state index contributed by atoms with van der Waals surface area (Å²) in [4.78, 5) is 50.5. The van der Waals surface area contributed by atoms with Gasteiger partial charge in [-0.05, 0) is 45.4 Å². The van der Waals surface area contributed by atoms with Gasteiger partial charge >= 0.3 is 12.1 Å². The van der Waals surface area contributed by atoms with Crippen molar-refractivity contribution in [1.82, 2.24) is 15.5 Å². The Kier molecular flexibility index (Phi) is 9.11. The van der Waals surface area contributed by atoms with E-state index in [1.165, 1.54) is 0 Å².